The molecule has 2 aromatic carbocycles. The van der Waals surface area contributed by atoms with Gasteiger partial charge in [0, 0.05) is 11.6 Å². The van der Waals surface area contributed by atoms with Gasteiger partial charge in [-0.15, -0.1) is 0 Å². The number of benzene rings is 2. The molecule has 0 saturated carbocycles. The van der Waals surface area contributed by atoms with Crippen molar-refractivity contribution in [2.24, 2.45) is 0 Å². The van der Waals surface area contributed by atoms with Gasteiger partial charge in [0.15, 0.2) is 10.6 Å². The van der Waals surface area contributed by atoms with Crippen LogP contribution in [0.1, 0.15) is 12.5 Å². The maximum Gasteiger partial charge on any atom is 0.242 e. The van der Waals surface area contributed by atoms with Gasteiger partial charge in [0.05, 0.1) is 4.90 Å². The van der Waals surface area contributed by atoms with E-state index in [0.717, 1.165) is 0 Å². The van der Waals surface area contributed by atoms with Gasteiger partial charge in [-0.1, -0.05) is 65.1 Å². The monoisotopic (exact) mass is 407 g/mol. The Bertz CT molecular complexity index is 765. The van der Waals surface area contributed by atoms with Crippen molar-refractivity contribution < 1.29 is 13.2 Å². The average Bonchev–Trinajstić information content (AvgIpc) is 2.55. The molecule has 2 aromatic rings. The molecule has 0 spiro atoms. The lowest BCUT2D eigenvalue weighted by Crippen LogP contribution is -2.46. The fourth-order valence-electron chi connectivity index (χ4n) is 2.01. The highest BCUT2D eigenvalue weighted by Crippen LogP contribution is 2.38. The lowest BCUT2D eigenvalue weighted by molar-refractivity contribution is 0.0423. The molecule has 1 unspecified atom stereocenters. The van der Waals surface area contributed by atoms with Gasteiger partial charge in [-0.05, 0) is 36.8 Å². The van der Waals surface area contributed by atoms with Crippen molar-refractivity contribution >= 4 is 44.8 Å². The largest absolute Gasteiger partial charge is 0.359 e. The van der Waals surface area contributed by atoms with Gasteiger partial charge < -0.3 is 4.74 Å². The van der Waals surface area contributed by atoms with E-state index >= 15 is 0 Å². The van der Waals surface area contributed by atoms with Gasteiger partial charge in [-0.2, -0.15) is 4.72 Å². The van der Waals surface area contributed by atoms with Crippen molar-refractivity contribution in [1.29, 1.82) is 0 Å². The predicted molar refractivity (Wildman–Crippen MR) is 97.0 cm³/mol. The van der Waals surface area contributed by atoms with Gasteiger partial charge in [0.2, 0.25) is 10.0 Å². The quantitative estimate of drug-likeness (QED) is 0.548. The Labute approximate surface area is 156 Å². The Balaban J connectivity index is 2.32. The number of ether oxygens (including phenoxy) is 1. The molecule has 0 aliphatic carbocycles. The molecular weight excluding hydrogens is 393 g/mol. The molecular formula is C16H16Cl3NO3S. The van der Waals surface area contributed by atoms with Gasteiger partial charge in [0.25, 0.3) is 0 Å². The van der Waals surface area contributed by atoms with Crippen LogP contribution >= 0.6 is 34.8 Å². The summed E-state index contributed by atoms with van der Waals surface area (Å²) in [7, 11) is -3.89. The Hall–Kier alpha value is -0.820. The molecule has 0 radical (unpaired) electrons. The van der Waals surface area contributed by atoms with E-state index in [1.807, 2.05) is 0 Å². The van der Waals surface area contributed by atoms with Crippen molar-refractivity contribution in [1.82, 2.24) is 4.72 Å². The van der Waals surface area contributed by atoms with Crippen LogP contribution in [0.2, 0.25) is 5.02 Å². The SMILES string of the molecule is CCOC(NS(=O)(=O)c1ccc(Cl)cc1)C(Cl)(Cl)c1ccccc1. The van der Waals surface area contributed by atoms with E-state index in [2.05, 4.69) is 4.72 Å². The summed E-state index contributed by atoms with van der Waals surface area (Å²) in [5.74, 6) is 0. The molecule has 0 saturated heterocycles. The van der Waals surface area contributed by atoms with Gasteiger partial charge in [0.1, 0.15) is 0 Å². The second-order valence-electron chi connectivity index (χ2n) is 4.90. The maximum absolute atomic E-state index is 12.6. The maximum atomic E-state index is 12.6. The summed E-state index contributed by atoms with van der Waals surface area (Å²) in [4.78, 5) is 0.0359. The zero-order valence-corrected chi connectivity index (χ0v) is 15.8. The lowest BCUT2D eigenvalue weighted by Gasteiger charge is -2.30. The molecule has 1 N–H and O–H groups in total. The Kier molecular flexibility index (Phi) is 6.53. The van der Waals surface area contributed by atoms with E-state index in [9.17, 15) is 8.42 Å². The van der Waals surface area contributed by atoms with Crippen LogP contribution in [0.5, 0.6) is 0 Å². The third-order valence-corrected chi connectivity index (χ3v) is 5.71. The molecule has 0 bridgehead atoms. The van der Waals surface area contributed by atoms with Crippen LogP contribution in [0.25, 0.3) is 0 Å². The summed E-state index contributed by atoms with van der Waals surface area (Å²) in [6, 6.07) is 14.5. The molecule has 8 heteroatoms. The molecule has 0 heterocycles. The minimum Gasteiger partial charge on any atom is -0.359 e. The summed E-state index contributed by atoms with van der Waals surface area (Å²) in [5.41, 5.74) is 0.519. The predicted octanol–water partition coefficient (Wildman–Crippen LogP) is 4.31. The zero-order valence-electron chi connectivity index (χ0n) is 12.7. The van der Waals surface area contributed by atoms with Crippen LogP contribution in [0.15, 0.2) is 59.5 Å². The molecule has 0 fully saturated rings. The van der Waals surface area contributed by atoms with E-state index in [1.165, 1.54) is 24.3 Å². The fourth-order valence-corrected chi connectivity index (χ4v) is 3.91. The summed E-state index contributed by atoms with van der Waals surface area (Å²) >= 11 is 18.6. The normalized spacial score (nSPS) is 13.7. The highest BCUT2D eigenvalue weighted by atomic mass is 35.5. The van der Waals surface area contributed by atoms with Crippen LogP contribution in [0, 0.1) is 0 Å². The molecule has 0 aliphatic rings. The highest BCUT2D eigenvalue weighted by Gasteiger charge is 2.40. The number of hydrogen-bond donors (Lipinski definition) is 1. The van der Waals surface area contributed by atoms with E-state index in [-0.39, 0.29) is 11.5 Å². The lowest BCUT2D eigenvalue weighted by atomic mass is 10.1. The first-order chi connectivity index (χ1) is 11.3. The molecule has 2 rings (SSSR count). The number of hydrogen-bond acceptors (Lipinski definition) is 3. The molecule has 4 nitrogen and oxygen atoms in total. The van der Waals surface area contributed by atoms with E-state index in [0.29, 0.717) is 10.6 Å². The van der Waals surface area contributed by atoms with Crippen molar-refractivity contribution in [2.45, 2.75) is 22.4 Å². The molecule has 1 atom stereocenters. The van der Waals surface area contributed by atoms with E-state index in [4.69, 9.17) is 39.5 Å². The van der Waals surface area contributed by atoms with Crippen LogP contribution in [-0.2, 0) is 19.1 Å². The van der Waals surface area contributed by atoms with Crippen LogP contribution in [0.3, 0.4) is 0 Å². The van der Waals surface area contributed by atoms with Gasteiger partial charge in [-0.25, -0.2) is 8.42 Å². The molecule has 0 amide bonds. The van der Waals surface area contributed by atoms with Crippen molar-refractivity contribution in [3.05, 3.63) is 65.2 Å². The second-order valence-corrected chi connectivity index (χ2v) is 8.44. The number of halogens is 3. The third-order valence-electron chi connectivity index (χ3n) is 3.21. The van der Waals surface area contributed by atoms with Crippen LogP contribution < -0.4 is 4.72 Å². The Morgan fingerprint density at radius 1 is 1.08 bits per heavy atom. The van der Waals surface area contributed by atoms with Crippen LogP contribution in [-0.4, -0.2) is 21.3 Å². The fraction of sp³-hybridized carbons (Fsp3) is 0.250. The average molecular weight is 409 g/mol. The van der Waals surface area contributed by atoms with E-state index < -0.39 is 20.6 Å². The topological polar surface area (TPSA) is 55.4 Å². The minimum absolute atomic E-state index is 0.0359. The number of rotatable bonds is 7. The molecule has 24 heavy (non-hydrogen) atoms. The van der Waals surface area contributed by atoms with Gasteiger partial charge >= 0.3 is 0 Å². The second kappa shape index (κ2) is 8.04. The zero-order chi connectivity index (χ0) is 17.8. The van der Waals surface area contributed by atoms with Crippen molar-refractivity contribution in [3.8, 4) is 0 Å². The number of sulfonamides is 1. The Morgan fingerprint density at radius 3 is 2.21 bits per heavy atom. The molecule has 0 aromatic heterocycles. The summed E-state index contributed by atoms with van der Waals surface area (Å²) < 4.78 is 31.4. The highest BCUT2D eigenvalue weighted by molar-refractivity contribution is 7.89. The first-order valence-corrected chi connectivity index (χ1v) is 9.72. The van der Waals surface area contributed by atoms with Crippen molar-refractivity contribution in [2.75, 3.05) is 6.61 Å². The standard InChI is InChI=1S/C16H16Cl3NO3S/c1-2-23-15(16(18,19)12-6-4-3-5-7-12)20-24(21,22)14-10-8-13(17)9-11-14/h3-11,15,20H,2H2,1H3. The number of alkyl halides is 2. The smallest absolute Gasteiger partial charge is 0.242 e. The minimum atomic E-state index is -3.89. The first kappa shape index (κ1) is 19.5. The summed E-state index contributed by atoms with van der Waals surface area (Å²) in [6.07, 6.45) is -1.17. The van der Waals surface area contributed by atoms with E-state index in [1.54, 1.807) is 37.3 Å². The molecule has 130 valence electrons. The molecule has 0 aliphatic heterocycles. The van der Waals surface area contributed by atoms with Crippen molar-refractivity contribution in [3.63, 3.8) is 0 Å². The number of nitrogens with one attached hydrogen (secondary N) is 1. The third kappa shape index (κ3) is 4.63. The summed E-state index contributed by atoms with van der Waals surface area (Å²) in [5, 5.41) is 0.434. The summed E-state index contributed by atoms with van der Waals surface area (Å²) in [6.45, 7) is 1.94. The Morgan fingerprint density at radius 2 is 1.67 bits per heavy atom. The van der Waals surface area contributed by atoms with Crippen LogP contribution in [0.4, 0.5) is 0 Å². The first-order valence-electron chi connectivity index (χ1n) is 7.10. The van der Waals surface area contributed by atoms with Gasteiger partial charge in [-0.3, -0.25) is 0 Å².